The number of carbonyl (C=O) groups is 1. The fraction of sp³-hybridized carbons (Fsp3) is 0.143. The average Bonchev–Trinajstić information content (AvgIpc) is 2.03. The first-order chi connectivity index (χ1) is 6.02. The average molecular weight is 191 g/mol. The molecule has 1 rings (SSSR count). The SMILES string of the molecule is O=C(O)c1cc(F)ncc1C(F)F. The van der Waals surface area contributed by atoms with Gasteiger partial charge in [-0.3, -0.25) is 0 Å². The highest BCUT2D eigenvalue weighted by Crippen LogP contribution is 2.22. The number of hydrogen-bond donors (Lipinski definition) is 1. The largest absolute Gasteiger partial charge is 0.478 e. The van der Waals surface area contributed by atoms with Crippen molar-refractivity contribution < 1.29 is 23.1 Å². The van der Waals surface area contributed by atoms with Crippen LogP contribution in [0.2, 0.25) is 0 Å². The second kappa shape index (κ2) is 3.42. The highest BCUT2D eigenvalue weighted by Gasteiger charge is 2.18. The van der Waals surface area contributed by atoms with E-state index in [0.717, 1.165) is 0 Å². The van der Waals surface area contributed by atoms with Crippen LogP contribution in [0.1, 0.15) is 22.3 Å². The summed E-state index contributed by atoms with van der Waals surface area (Å²) < 4.78 is 36.5. The fourth-order valence-corrected chi connectivity index (χ4v) is 0.800. The Morgan fingerprint density at radius 2 is 2.15 bits per heavy atom. The number of halogens is 3. The van der Waals surface area contributed by atoms with Crippen LogP contribution in [-0.4, -0.2) is 16.1 Å². The molecular weight excluding hydrogens is 187 g/mol. The Labute approximate surface area is 70.8 Å². The van der Waals surface area contributed by atoms with Gasteiger partial charge in [0.1, 0.15) is 0 Å². The topological polar surface area (TPSA) is 50.2 Å². The number of hydrogen-bond acceptors (Lipinski definition) is 2. The molecule has 0 spiro atoms. The third kappa shape index (κ3) is 1.95. The quantitative estimate of drug-likeness (QED) is 0.725. The lowest BCUT2D eigenvalue weighted by Gasteiger charge is -2.02. The van der Waals surface area contributed by atoms with Gasteiger partial charge < -0.3 is 5.11 Å². The van der Waals surface area contributed by atoms with Gasteiger partial charge in [0.15, 0.2) is 0 Å². The molecule has 0 saturated heterocycles. The molecule has 0 unspecified atom stereocenters. The third-order valence-corrected chi connectivity index (χ3v) is 1.37. The zero-order chi connectivity index (χ0) is 10.0. The van der Waals surface area contributed by atoms with Gasteiger partial charge in [0.2, 0.25) is 5.95 Å². The Hall–Kier alpha value is -1.59. The molecule has 0 aliphatic rings. The molecule has 0 amide bonds. The minimum atomic E-state index is -2.97. The van der Waals surface area contributed by atoms with Gasteiger partial charge in [-0.15, -0.1) is 0 Å². The Balaban J connectivity index is 3.27. The predicted octanol–water partition coefficient (Wildman–Crippen LogP) is 1.86. The van der Waals surface area contributed by atoms with Gasteiger partial charge in [-0.05, 0) is 0 Å². The van der Waals surface area contributed by atoms with Crippen LogP contribution in [0.15, 0.2) is 12.3 Å². The van der Waals surface area contributed by atoms with E-state index in [4.69, 9.17) is 5.11 Å². The molecule has 0 radical (unpaired) electrons. The van der Waals surface area contributed by atoms with Crippen LogP contribution >= 0.6 is 0 Å². The zero-order valence-corrected chi connectivity index (χ0v) is 6.17. The second-order valence-corrected chi connectivity index (χ2v) is 2.20. The summed E-state index contributed by atoms with van der Waals surface area (Å²) in [4.78, 5) is 13.3. The van der Waals surface area contributed by atoms with E-state index in [1.807, 2.05) is 0 Å². The Kier molecular flexibility index (Phi) is 2.50. The Bertz CT molecular complexity index is 341. The molecule has 1 heterocycles. The predicted molar refractivity (Wildman–Crippen MR) is 36.1 cm³/mol. The summed E-state index contributed by atoms with van der Waals surface area (Å²) in [7, 11) is 0. The molecule has 0 atom stereocenters. The molecule has 1 aromatic heterocycles. The van der Waals surface area contributed by atoms with Gasteiger partial charge in [0.25, 0.3) is 6.43 Å². The Morgan fingerprint density at radius 1 is 1.54 bits per heavy atom. The first kappa shape index (κ1) is 9.50. The number of rotatable bonds is 2. The van der Waals surface area contributed by atoms with E-state index in [1.54, 1.807) is 0 Å². The summed E-state index contributed by atoms with van der Waals surface area (Å²) in [5, 5.41) is 8.41. The molecule has 3 nitrogen and oxygen atoms in total. The minimum Gasteiger partial charge on any atom is -0.478 e. The van der Waals surface area contributed by atoms with Crippen molar-refractivity contribution in [3.8, 4) is 0 Å². The van der Waals surface area contributed by atoms with E-state index in [9.17, 15) is 18.0 Å². The van der Waals surface area contributed by atoms with E-state index in [2.05, 4.69) is 4.98 Å². The number of pyridine rings is 1. The van der Waals surface area contributed by atoms with E-state index in [-0.39, 0.29) is 0 Å². The smallest absolute Gasteiger partial charge is 0.336 e. The van der Waals surface area contributed by atoms with Crippen molar-refractivity contribution in [2.24, 2.45) is 0 Å². The molecule has 6 heteroatoms. The van der Waals surface area contributed by atoms with Crippen molar-refractivity contribution in [1.29, 1.82) is 0 Å². The Morgan fingerprint density at radius 3 is 2.62 bits per heavy atom. The number of aromatic nitrogens is 1. The van der Waals surface area contributed by atoms with Crippen LogP contribution in [0.3, 0.4) is 0 Å². The summed E-state index contributed by atoms with van der Waals surface area (Å²) in [6.45, 7) is 0. The van der Waals surface area contributed by atoms with Crippen LogP contribution < -0.4 is 0 Å². The lowest BCUT2D eigenvalue weighted by atomic mass is 10.1. The summed E-state index contributed by atoms with van der Waals surface area (Å²) >= 11 is 0. The normalized spacial score (nSPS) is 10.5. The fourth-order valence-electron chi connectivity index (χ4n) is 0.800. The molecule has 0 saturated carbocycles. The summed E-state index contributed by atoms with van der Waals surface area (Å²) in [6, 6.07) is 0.462. The molecule has 13 heavy (non-hydrogen) atoms. The van der Waals surface area contributed by atoms with E-state index >= 15 is 0 Å². The number of carboxylic acid groups (broad SMARTS) is 1. The first-order valence-electron chi connectivity index (χ1n) is 3.19. The number of carboxylic acids is 1. The minimum absolute atomic E-state index is 0.462. The molecule has 0 aromatic carbocycles. The van der Waals surface area contributed by atoms with Crippen molar-refractivity contribution in [3.63, 3.8) is 0 Å². The van der Waals surface area contributed by atoms with Gasteiger partial charge in [0, 0.05) is 12.3 Å². The van der Waals surface area contributed by atoms with E-state index in [1.165, 1.54) is 0 Å². The number of aromatic carboxylic acids is 1. The number of nitrogens with zero attached hydrogens (tertiary/aromatic N) is 1. The third-order valence-electron chi connectivity index (χ3n) is 1.37. The molecular formula is C7H4F3NO2. The van der Waals surface area contributed by atoms with Crippen molar-refractivity contribution in [2.75, 3.05) is 0 Å². The van der Waals surface area contributed by atoms with Crippen molar-refractivity contribution in [2.45, 2.75) is 6.43 Å². The summed E-state index contributed by atoms with van der Waals surface area (Å²) in [6.07, 6.45) is -2.46. The van der Waals surface area contributed by atoms with Crippen molar-refractivity contribution >= 4 is 5.97 Å². The van der Waals surface area contributed by atoms with Crippen molar-refractivity contribution in [1.82, 2.24) is 4.98 Å². The summed E-state index contributed by atoms with van der Waals surface area (Å²) in [5.74, 6) is -2.70. The van der Waals surface area contributed by atoms with Crippen LogP contribution in [0, 0.1) is 5.95 Å². The molecule has 0 fully saturated rings. The lowest BCUT2D eigenvalue weighted by molar-refractivity contribution is 0.0683. The van der Waals surface area contributed by atoms with Gasteiger partial charge in [-0.2, -0.15) is 4.39 Å². The molecule has 0 aliphatic heterocycles. The van der Waals surface area contributed by atoms with Crippen molar-refractivity contribution in [3.05, 3.63) is 29.3 Å². The maximum absolute atomic E-state index is 12.4. The molecule has 1 N–H and O–H groups in total. The highest BCUT2D eigenvalue weighted by atomic mass is 19.3. The van der Waals surface area contributed by atoms with Crippen LogP contribution in [0.5, 0.6) is 0 Å². The summed E-state index contributed by atoms with van der Waals surface area (Å²) in [5.41, 5.74) is -1.54. The monoisotopic (exact) mass is 191 g/mol. The van der Waals surface area contributed by atoms with Crippen LogP contribution in [0.4, 0.5) is 13.2 Å². The number of alkyl halides is 2. The first-order valence-corrected chi connectivity index (χ1v) is 3.19. The van der Waals surface area contributed by atoms with E-state index in [0.29, 0.717) is 12.3 Å². The standard InChI is InChI=1S/C7H4F3NO2/c8-5-1-3(7(12)13)4(2-11-5)6(9)10/h1-2,6H,(H,12,13). The lowest BCUT2D eigenvalue weighted by Crippen LogP contribution is -2.04. The van der Waals surface area contributed by atoms with Crippen LogP contribution in [-0.2, 0) is 0 Å². The molecule has 0 aliphatic carbocycles. The maximum Gasteiger partial charge on any atom is 0.336 e. The molecule has 70 valence electrons. The second-order valence-electron chi connectivity index (χ2n) is 2.20. The highest BCUT2D eigenvalue weighted by molar-refractivity contribution is 5.89. The van der Waals surface area contributed by atoms with Gasteiger partial charge in [-0.25, -0.2) is 18.6 Å². The van der Waals surface area contributed by atoms with Gasteiger partial charge >= 0.3 is 5.97 Å². The maximum atomic E-state index is 12.4. The van der Waals surface area contributed by atoms with E-state index < -0.39 is 29.5 Å². The zero-order valence-electron chi connectivity index (χ0n) is 6.17. The van der Waals surface area contributed by atoms with Gasteiger partial charge in [-0.1, -0.05) is 0 Å². The molecule has 1 aromatic rings. The van der Waals surface area contributed by atoms with Crippen LogP contribution in [0.25, 0.3) is 0 Å². The van der Waals surface area contributed by atoms with Gasteiger partial charge in [0.05, 0.1) is 11.1 Å². The molecule has 0 bridgehead atoms.